The quantitative estimate of drug-likeness (QED) is 0.890. The monoisotopic (exact) mass is 315 g/mol. The third-order valence-corrected chi connectivity index (χ3v) is 3.74. The van der Waals surface area contributed by atoms with E-state index in [9.17, 15) is 8.78 Å². The van der Waals surface area contributed by atoms with Gasteiger partial charge in [0.2, 0.25) is 0 Å². The van der Waals surface area contributed by atoms with Gasteiger partial charge in [-0.25, -0.2) is 8.78 Å². The minimum Gasteiger partial charge on any atom is -0.327 e. The molecule has 106 valence electrons. The van der Waals surface area contributed by atoms with Crippen LogP contribution in [-0.4, -0.2) is 6.04 Å². The smallest absolute Gasteiger partial charge is 0.127 e. The van der Waals surface area contributed by atoms with E-state index in [0.717, 1.165) is 0 Å². The van der Waals surface area contributed by atoms with Gasteiger partial charge in [0.15, 0.2) is 0 Å². The predicted molar refractivity (Wildman–Crippen MR) is 78.2 cm³/mol. The van der Waals surface area contributed by atoms with Crippen LogP contribution in [0.5, 0.6) is 0 Å². The van der Waals surface area contributed by atoms with E-state index in [0.29, 0.717) is 27.6 Å². The lowest BCUT2D eigenvalue weighted by molar-refractivity contribution is 0.582. The first-order valence-electron chi connectivity index (χ1n) is 6.09. The van der Waals surface area contributed by atoms with Gasteiger partial charge in [-0.05, 0) is 48.7 Å². The van der Waals surface area contributed by atoms with Crippen molar-refractivity contribution in [1.82, 2.24) is 0 Å². The Morgan fingerprint density at radius 2 is 1.75 bits per heavy atom. The fourth-order valence-corrected chi connectivity index (χ4v) is 2.48. The first-order chi connectivity index (χ1) is 9.47. The molecule has 20 heavy (non-hydrogen) atoms. The number of rotatable bonds is 4. The Morgan fingerprint density at radius 1 is 1.00 bits per heavy atom. The summed E-state index contributed by atoms with van der Waals surface area (Å²) in [6.45, 7) is 0. The predicted octanol–water partition coefficient (Wildman–Crippen LogP) is 4.38. The van der Waals surface area contributed by atoms with Gasteiger partial charge in [0, 0.05) is 21.7 Å². The van der Waals surface area contributed by atoms with E-state index < -0.39 is 11.9 Å². The molecule has 0 aliphatic carbocycles. The molecule has 0 fully saturated rings. The maximum atomic E-state index is 13.7. The van der Waals surface area contributed by atoms with Crippen LogP contribution < -0.4 is 5.73 Å². The summed E-state index contributed by atoms with van der Waals surface area (Å²) in [6, 6.07) is 8.19. The second-order valence-electron chi connectivity index (χ2n) is 4.60. The molecule has 1 nitrogen and oxygen atoms in total. The van der Waals surface area contributed by atoms with E-state index in [2.05, 4.69) is 0 Å². The van der Waals surface area contributed by atoms with E-state index in [4.69, 9.17) is 28.9 Å². The van der Waals surface area contributed by atoms with Crippen LogP contribution in [0.2, 0.25) is 10.0 Å². The SMILES string of the molecule is NC(Cc1cc(F)ccc1Cl)Cc1c(F)cccc1Cl. The molecule has 2 aromatic rings. The van der Waals surface area contributed by atoms with E-state index in [1.54, 1.807) is 6.07 Å². The van der Waals surface area contributed by atoms with E-state index in [1.165, 1.54) is 30.3 Å². The Labute approximate surface area is 126 Å². The Kier molecular flexibility index (Phi) is 4.97. The van der Waals surface area contributed by atoms with E-state index in [1.807, 2.05) is 0 Å². The summed E-state index contributed by atoms with van der Waals surface area (Å²) in [6.07, 6.45) is 0.611. The van der Waals surface area contributed by atoms with Gasteiger partial charge in [-0.2, -0.15) is 0 Å². The van der Waals surface area contributed by atoms with E-state index in [-0.39, 0.29) is 12.2 Å². The van der Waals surface area contributed by atoms with Gasteiger partial charge >= 0.3 is 0 Å². The lowest BCUT2D eigenvalue weighted by Crippen LogP contribution is -2.26. The van der Waals surface area contributed by atoms with Gasteiger partial charge in [0.25, 0.3) is 0 Å². The zero-order valence-corrected chi connectivity index (χ0v) is 12.1. The molecule has 0 radical (unpaired) electrons. The van der Waals surface area contributed by atoms with Gasteiger partial charge < -0.3 is 5.73 Å². The number of halogens is 4. The highest BCUT2D eigenvalue weighted by Gasteiger charge is 2.14. The standard InChI is InChI=1S/C15H13Cl2F2N/c16-13-5-4-10(18)6-9(13)7-11(20)8-12-14(17)2-1-3-15(12)19/h1-6,11H,7-8,20H2. The first-order valence-corrected chi connectivity index (χ1v) is 6.85. The molecule has 1 atom stereocenters. The van der Waals surface area contributed by atoms with Crippen molar-refractivity contribution < 1.29 is 8.78 Å². The summed E-state index contributed by atoms with van der Waals surface area (Å²) < 4.78 is 26.8. The van der Waals surface area contributed by atoms with Crippen LogP contribution in [0.3, 0.4) is 0 Å². The van der Waals surface area contributed by atoms with Gasteiger partial charge in [0.05, 0.1) is 0 Å². The van der Waals surface area contributed by atoms with Crippen LogP contribution in [0.25, 0.3) is 0 Å². The largest absolute Gasteiger partial charge is 0.327 e. The minimum atomic E-state index is -0.399. The Morgan fingerprint density at radius 3 is 2.45 bits per heavy atom. The van der Waals surface area contributed by atoms with Crippen molar-refractivity contribution in [2.45, 2.75) is 18.9 Å². The van der Waals surface area contributed by atoms with Crippen LogP contribution in [0.1, 0.15) is 11.1 Å². The van der Waals surface area contributed by atoms with Crippen LogP contribution in [-0.2, 0) is 12.8 Å². The van der Waals surface area contributed by atoms with Crippen molar-refractivity contribution in [2.75, 3.05) is 0 Å². The highest BCUT2D eigenvalue weighted by Crippen LogP contribution is 2.23. The second-order valence-corrected chi connectivity index (χ2v) is 5.42. The Balaban J connectivity index is 2.13. The zero-order valence-electron chi connectivity index (χ0n) is 10.5. The Bertz CT molecular complexity index is 597. The molecule has 1 unspecified atom stereocenters. The fraction of sp³-hybridized carbons (Fsp3) is 0.200. The summed E-state index contributed by atoms with van der Waals surface area (Å²) in [5.74, 6) is -0.765. The molecular weight excluding hydrogens is 303 g/mol. The molecule has 2 rings (SSSR count). The molecule has 0 spiro atoms. The molecule has 0 aromatic heterocycles. The number of benzene rings is 2. The molecule has 0 amide bonds. The van der Waals surface area contributed by atoms with Crippen LogP contribution in [0.15, 0.2) is 36.4 Å². The van der Waals surface area contributed by atoms with Crippen molar-refractivity contribution in [3.63, 3.8) is 0 Å². The maximum Gasteiger partial charge on any atom is 0.127 e. The van der Waals surface area contributed by atoms with Crippen LogP contribution >= 0.6 is 23.2 Å². The number of nitrogens with two attached hydrogens (primary N) is 1. The zero-order chi connectivity index (χ0) is 14.7. The Hall–Kier alpha value is -1.16. The summed E-state index contributed by atoms with van der Waals surface area (Å²) in [7, 11) is 0. The topological polar surface area (TPSA) is 26.0 Å². The average molecular weight is 316 g/mol. The average Bonchev–Trinajstić information content (AvgIpc) is 2.38. The van der Waals surface area contributed by atoms with Gasteiger partial charge in [-0.15, -0.1) is 0 Å². The fourth-order valence-electron chi connectivity index (χ4n) is 2.04. The molecule has 2 aromatic carbocycles. The second kappa shape index (κ2) is 6.53. The molecule has 0 saturated carbocycles. The summed E-state index contributed by atoms with van der Waals surface area (Å²) in [5.41, 5.74) is 6.96. The van der Waals surface area contributed by atoms with Gasteiger partial charge in [0.1, 0.15) is 11.6 Å². The summed E-state index contributed by atoms with van der Waals surface area (Å²) in [5, 5.41) is 0.785. The lowest BCUT2D eigenvalue weighted by Gasteiger charge is -2.14. The van der Waals surface area contributed by atoms with Crippen molar-refractivity contribution in [3.8, 4) is 0 Å². The highest BCUT2D eigenvalue weighted by molar-refractivity contribution is 6.31. The summed E-state index contributed by atoms with van der Waals surface area (Å²) in [4.78, 5) is 0. The van der Waals surface area contributed by atoms with E-state index >= 15 is 0 Å². The molecule has 2 N–H and O–H groups in total. The minimum absolute atomic E-state index is 0.262. The third-order valence-electron chi connectivity index (χ3n) is 3.02. The molecular formula is C15H13Cl2F2N. The van der Waals surface area contributed by atoms with Gasteiger partial charge in [-0.1, -0.05) is 29.3 Å². The van der Waals surface area contributed by atoms with Gasteiger partial charge in [-0.3, -0.25) is 0 Å². The number of hydrogen-bond acceptors (Lipinski definition) is 1. The first kappa shape index (κ1) is 15.2. The van der Waals surface area contributed by atoms with Crippen molar-refractivity contribution >= 4 is 23.2 Å². The highest BCUT2D eigenvalue weighted by atomic mass is 35.5. The maximum absolute atomic E-state index is 13.7. The molecule has 0 aliphatic rings. The molecule has 0 bridgehead atoms. The molecule has 0 heterocycles. The van der Waals surface area contributed by atoms with Crippen LogP contribution in [0.4, 0.5) is 8.78 Å². The van der Waals surface area contributed by atoms with Crippen molar-refractivity contribution in [3.05, 3.63) is 69.2 Å². The molecule has 0 aliphatic heterocycles. The summed E-state index contributed by atoms with van der Waals surface area (Å²) >= 11 is 11.9. The number of hydrogen-bond donors (Lipinski definition) is 1. The normalized spacial score (nSPS) is 12.4. The molecule has 0 saturated heterocycles. The van der Waals surface area contributed by atoms with Crippen LogP contribution in [0, 0.1) is 11.6 Å². The molecule has 5 heteroatoms. The third kappa shape index (κ3) is 3.69. The van der Waals surface area contributed by atoms with Crippen molar-refractivity contribution in [2.24, 2.45) is 5.73 Å². The lowest BCUT2D eigenvalue weighted by atomic mass is 9.99. The van der Waals surface area contributed by atoms with Crippen molar-refractivity contribution in [1.29, 1.82) is 0 Å².